The van der Waals surface area contributed by atoms with E-state index < -0.39 is 0 Å². The van der Waals surface area contributed by atoms with Crippen LogP contribution in [-0.2, 0) is 0 Å². The largest absolute Gasteiger partial charge is 0.497 e. The third-order valence-electron chi connectivity index (χ3n) is 5.69. The van der Waals surface area contributed by atoms with E-state index in [1.54, 1.807) is 14.2 Å². The number of hydrogen-bond acceptors (Lipinski definition) is 4. The summed E-state index contributed by atoms with van der Waals surface area (Å²) in [4.78, 5) is 0. The maximum absolute atomic E-state index is 5.37. The average molecular weight is 444 g/mol. The summed E-state index contributed by atoms with van der Waals surface area (Å²) in [6.45, 7) is 0. The summed E-state index contributed by atoms with van der Waals surface area (Å²) in [5.74, 6) is 1.70. The number of nitrogens with zero attached hydrogens (tertiary/aromatic N) is 2. The Morgan fingerprint density at radius 3 is 1.94 bits per heavy atom. The molecule has 0 atom stereocenters. The van der Waals surface area contributed by atoms with Crippen molar-refractivity contribution in [1.82, 2.24) is 4.57 Å². The molecule has 152 valence electrons. The van der Waals surface area contributed by atoms with Crippen molar-refractivity contribution < 1.29 is 14.0 Å². The molecule has 0 unspecified atom stereocenters. The first-order valence-corrected chi connectivity index (χ1v) is 11.7. The van der Waals surface area contributed by atoms with E-state index in [1.165, 1.54) is 31.2 Å². The van der Waals surface area contributed by atoms with E-state index in [2.05, 4.69) is 62.6 Å². The SMILES string of the molecule is COc1ccc(-n2c[n+](-c3ccc(OC)cc3)c3c4ccsc4c4sccc4c32)cc1. The fraction of sp³-hybridized carbons (Fsp3) is 0.0800. The summed E-state index contributed by atoms with van der Waals surface area (Å²) in [6, 6.07) is 20.9. The molecule has 0 aliphatic rings. The van der Waals surface area contributed by atoms with Gasteiger partial charge in [-0.2, -0.15) is 9.13 Å². The Bertz CT molecular complexity index is 1420. The molecule has 3 heterocycles. The predicted octanol–water partition coefficient (Wildman–Crippen LogP) is 6.35. The van der Waals surface area contributed by atoms with Gasteiger partial charge >= 0.3 is 0 Å². The highest BCUT2D eigenvalue weighted by atomic mass is 32.1. The molecule has 0 spiro atoms. The highest BCUT2D eigenvalue weighted by molar-refractivity contribution is 7.25. The van der Waals surface area contributed by atoms with E-state index in [0.717, 1.165) is 22.9 Å². The van der Waals surface area contributed by atoms with Gasteiger partial charge in [0, 0.05) is 10.8 Å². The van der Waals surface area contributed by atoms with Gasteiger partial charge in [-0.25, -0.2) is 0 Å². The predicted molar refractivity (Wildman–Crippen MR) is 129 cm³/mol. The molecule has 0 radical (unpaired) electrons. The van der Waals surface area contributed by atoms with Gasteiger partial charge in [0.1, 0.15) is 22.9 Å². The minimum absolute atomic E-state index is 0.851. The summed E-state index contributed by atoms with van der Waals surface area (Å²) in [7, 11) is 3.39. The Labute approximate surface area is 187 Å². The lowest BCUT2D eigenvalue weighted by molar-refractivity contribution is -0.566. The zero-order chi connectivity index (χ0) is 20.9. The fourth-order valence-corrected chi connectivity index (χ4v) is 6.18. The van der Waals surface area contributed by atoms with Gasteiger partial charge in [-0.05, 0) is 71.4 Å². The van der Waals surface area contributed by atoms with Crippen molar-refractivity contribution in [2.45, 2.75) is 0 Å². The van der Waals surface area contributed by atoms with E-state index in [0.29, 0.717) is 0 Å². The molecule has 3 aromatic heterocycles. The molecule has 0 saturated heterocycles. The second kappa shape index (κ2) is 7.11. The first-order valence-electron chi connectivity index (χ1n) is 9.90. The molecule has 0 saturated carbocycles. The summed E-state index contributed by atoms with van der Waals surface area (Å²) < 4.78 is 18.0. The van der Waals surface area contributed by atoms with Crippen LogP contribution in [0.1, 0.15) is 0 Å². The number of methoxy groups -OCH3 is 2. The van der Waals surface area contributed by atoms with Crippen LogP contribution < -0.4 is 14.0 Å². The van der Waals surface area contributed by atoms with Gasteiger partial charge in [0.15, 0.2) is 11.0 Å². The second-order valence-corrected chi connectivity index (χ2v) is 9.11. The van der Waals surface area contributed by atoms with E-state index in [1.807, 2.05) is 46.9 Å². The zero-order valence-electron chi connectivity index (χ0n) is 17.0. The molecule has 0 aliphatic heterocycles. The van der Waals surface area contributed by atoms with Gasteiger partial charge in [0.2, 0.25) is 0 Å². The highest BCUT2D eigenvalue weighted by Gasteiger charge is 2.26. The standard InChI is InChI=1S/C25H19N2O2S2/c1-28-18-7-3-16(4-8-18)26-15-27(17-5-9-19(29-2)10-6-17)23-21-12-14-31-25(21)24-20(22(23)26)11-13-30-24/h3-15H,1-2H3/q+1. The zero-order valence-corrected chi connectivity index (χ0v) is 18.7. The van der Waals surface area contributed by atoms with Crippen molar-refractivity contribution in [2.75, 3.05) is 14.2 Å². The summed E-state index contributed by atoms with van der Waals surface area (Å²) in [6.07, 6.45) is 2.18. The molecule has 6 rings (SSSR count). The molecule has 4 nitrogen and oxygen atoms in total. The lowest BCUT2D eigenvalue weighted by atomic mass is 10.1. The maximum atomic E-state index is 5.37. The van der Waals surface area contributed by atoms with E-state index in [-0.39, 0.29) is 0 Å². The number of fused-ring (bicyclic) bond motifs is 6. The van der Waals surface area contributed by atoms with Crippen molar-refractivity contribution >= 4 is 53.9 Å². The van der Waals surface area contributed by atoms with Gasteiger partial charge < -0.3 is 9.47 Å². The first kappa shape index (κ1) is 18.4. The summed E-state index contributed by atoms with van der Waals surface area (Å²) in [5, 5.41) is 6.93. The quantitative estimate of drug-likeness (QED) is 0.297. The normalized spacial score (nSPS) is 11.5. The van der Waals surface area contributed by atoms with Crippen molar-refractivity contribution in [3.63, 3.8) is 0 Å². The number of thiophene rings is 2. The third kappa shape index (κ3) is 2.76. The fourth-order valence-electron chi connectivity index (χ4n) is 4.19. The smallest absolute Gasteiger partial charge is 0.255 e. The van der Waals surface area contributed by atoms with Gasteiger partial charge in [-0.1, -0.05) is 0 Å². The Kier molecular flexibility index (Phi) is 4.23. The summed E-state index contributed by atoms with van der Waals surface area (Å²) in [5.41, 5.74) is 4.62. The Morgan fingerprint density at radius 1 is 0.710 bits per heavy atom. The van der Waals surface area contributed by atoms with Gasteiger partial charge in [0.25, 0.3) is 6.33 Å². The number of ether oxygens (including phenoxy) is 2. The maximum Gasteiger partial charge on any atom is 0.255 e. The van der Waals surface area contributed by atoms with Crippen LogP contribution in [0.15, 0.2) is 77.8 Å². The minimum Gasteiger partial charge on any atom is -0.497 e. The molecule has 0 N–H and O–H groups in total. The monoisotopic (exact) mass is 443 g/mol. The first-order chi connectivity index (χ1) is 15.3. The van der Waals surface area contributed by atoms with Gasteiger partial charge in [-0.15, -0.1) is 22.7 Å². The van der Waals surface area contributed by atoms with Crippen LogP contribution in [0.2, 0.25) is 0 Å². The van der Waals surface area contributed by atoms with E-state index in [9.17, 15) is 0 Å². The molecule has 6 heteroatoms. The average Bonchev–Trinajstić information content (AvgIpc) is 3.56. The summed E-state index contributed by atoms with van der Waals surface area (Å²) >= 11 is 3.62. The van der Waals surface area contributed by atoms with E-state index in [4.69, 9.17) is 9.47 Å². The molecule has 6 aromatic rings. The Morgan fingerprint density at radius 2 is 1.29 bits per heavy atom. The Balaban J connectivity index is 1.74. The van der Waals surface area contributed by atoms with Crippen molar-refractivity contribution in [3.8, 4) is 22.9 Å². The van der Waals surface area contributed by atoms with E-state index >= 15 is 0 Å². The third-order valence-corrected chi connectivity index (χ3v) is 7.68. The highest BCUT2D eigenvalue weighted by Crippen LogP contribution is 2.40. The number of hydrogen-bond donors (Lipinski definition) is 0. The van der Waals surface area contributed by atoms with Crippen LogP contribution in [0.3, 0.4) is 0 Å². The lowest BCUT2D eigenvalue weighted by Crippen LogP contribution is -2.28. The van der Waals surface area contributed by atoms with Crippen molar-refractivity contribution in [1.29, 1.82) is 0 Å². The molecule has 31 heavy (non-hydrogen) atoms. The topological polar surface area (TPSA) is 27.3 Å². The van der Waals surface area contributed by atoms with Crippen molar-refractivity contribution in [3.05, 3.63) is 77.8 Å². The van der Waals surface area contributed by atoms with Crippen LogP contribution in [0.25, 0.3) is 42.6 Å². The van der Waals surface area contributed by atoms with Crippen LogP contribution in [0.4, 0.5) is 0 Å². The number of imidazole rings is 1. The van der Waals surface area contributed by atoms with Gasteiger partial charge in [0.05, 0.1) is 23.6 Å². The number of rotatable bonds is 4. The van der Waals surface area contributed by atoms with Gasteiger partial charge in [-0.3, -0.25) is 0 Å². The lowest BCUT2D eigenvalue weighted by Gasteiger charge is -2.02. The van der Waals surface area contributed by atoms with Crippen LogP contribution in [-0.4, -0.2) is 18.8 Å². The molecule has 0 aliphatic carbocycles. The van der Waals surface area contributed by atoms with Crippen molar-refractivity contribution in [2.24, 2.45) is 0 Å². The Hall–Kier alpha value is -3.35. The molecule has 0 bridgehead atoms. The van der Waals surface area contributed by atoms with Crippen LogP contribution >= 0.6 is 22.7 Å². The molecular formula is C25H19N2O2S2+. The molecular weight excluding hydrogens is 424 g/mol. The van der Waals surface area contributed by atoms with Crippen LogP contribution in [0.5, 0.6) is 11.5 Å². The second-order valence-electron chi connectivity index (χ2n) is 7.28. The molecule has 0 amide bonds. The molecule has 0 fully saturated rings. The minimum atomic E-state index is 0.851. The van der Waals surface area contributed by atoms with Crippen LogP contribution in [0, 0.1) is 0 Å². The number of benzene rings is 3. The molecule has 3 aromatic carbocycles. The number of aromatic nitrogens is 2.